The van der Waals surface area contributed by atoms with Crippen LogP contribution in [0, 0.1) is 6.92 Å². The maximum atomic E-state index is 13.0. The number of nitrogens with zero attached hydrogens (tertiary/aromatic N) is 2. The molecule has 0 radical (unpaired) electrons. The van der Waals surface area contributed by atoms with Crippen LogP contribution in [0.5, 0.6) is 0 Å². The van der Waals surface area contributed by atoms with Crippen molar-refractivity contribution in [2.24, 2.45) is 0 Å². The first-order chi connectivity index (χ1) is 12.9. The number of amides is 4. The number of urea groups is 1. The summed E-state index contributed by atoms with van der Waals surface area (Å²) in [5.41, 5.74) is 1.32. The maximum absolute atomic E-state index is 13.0. The molecular weight excluding hydrogens is 342 g/mol. The van der Waals surface area contributed by atoms with Gasteiger partial charge in [-0.1, -0.05) is 48.0 Å². The molecule has 0 bridgehead atoms. The Bertz CT molecular complexity index is 864. The van der Waals surface area contributed by atoms with Gasteiger partial charge in [0.15, 0.2) is 0 Å². The third-order valence-electron chi connectivity index (χ3n) is 4.88. The Balaban J connectivity index is 1.81. The predicted octanol–water partition coefficient (Wildman–Crippen LogP) is 2.82. The topological polar surface area (TPSA) is 69.7 Å². The van der Waals surface area contributed by atoms with Crippen molar-refractivity contribution in [3.63, 3.8) is 0 Å². The number of rotatable bonds is 5. The molecule has 1 unspecified atom stereocenters. The lowest BCUT2D eigenvalue weighted by atomic mass is 9.91. The largest absolute Gasteiger partial charge is 0.325 e. The monoisotopic (exact) mass is 365 g/mol. The molecule has 1 N–H and O–H groups in total. The standard InChI is InChI=1S/C21H23N3O3/c1-4-23(17-8-6-5-7-9-17)18(25)14-24-19(26)21(3,22-20(24)27)16-12-10-15(2)11-13-16/h5-13H,4,14H2,1-3H3,(H,22,27). The smallest absolute Gasteiger partial charge is 0.319 e. The molecule has 0 aliphatic carbocycles. The van der Waals surface area contributed by atoms with E-state index in [2.05, 4.69) is 5.32 Å². The number of imide groups is 1. The van der Waals surface area contributed by atoms with Crippen molar-refractivity contribution >= 4 is 23.5 Å². The van der Waals surface area contributed by atoms with Gasteiger partial charge in [-0.15, -0.1) is 0 Å². The Morgan fingerprint density at radius 2 is 1.70 bits per heavy atom. The van der Waals surface area contributed by atoms with Crippen molar-refractivity contribution in [1.29, 1.82) is 0 Å². The first kappa shape index (κ1) is 18.6. The zero-order valence-electron chi connectivity index (χ0n) is 15.7. The number of hydrogen-bond acceptors (Lipinski definition) is 3. The van der Waals surface area contributed by atoms with Crippen LogP contribution in [-0.2, 0) is 15.1 Å². The normalized spacial score (nSPS) is 19.1. The predicted molar refractivity (Wildman–Crippen MR) is 103 cm³/mol. The molecule has 1 aliphatic rings. The van der Waals surface area contributed by atoms with E-state index in [-0.39, 0.29) is 12.5 Å². The van der Waals surface area contributed by atoms with Gasteiger partial charge in [-0.2, -0.15) is 0 Å². The molecule has 4 amide bonds. The fourth-order valence-electron chi connectivity index (χ4n) is 3.25. The molecule has 2 aromatic carbocycles. The average molecular weight is 365 g/mol. The summed E-state index contributed by atoms with van der Waals surface area (Å²) >= 11 is 0. The molecule has 140 valence electrons. The van der Waals surface area contributed by atoms with Crippen molar-refractivity contribution < 1.29 is 14.4 Å². The molecule has 6 heteroatoms. The number of benzene rings is 2. The first-order valence-electron chi connectivity index (χ1n) is 8.93. The van der Waals surface area contributed by atoms with Crippen molar-refractivity contribution in [3.8, 4) is 0 Å². The molecule has 1 fully saturated rings. The van der Waals surface area contributed by atoms with E-state index in [0.717, 1.165) is 16.2 Å². The fraction of sp³-hybridized carbons (Fsp3) is 0.286. The van der Waals surface area contributed by atoms with Gasteiger partial charge in [-0.05, 0) is 38.5 Å². The van der Waals surface area contributed by atoms with Crippen molar-refractivity contribution in [2.45, 2.75) is 26.3 Å². The van der Waals surface area contributed by atoms with Crippen LogP contribution in [0.1, 0.15) is 25.0 Å². The highest BCUT2D eigenvalue weighted by molar-refractivity contribution is 6.10. The zero-order valence-corrected chi connectivity index (χ0v) is 15.7. The second-order valence-electron chi connectivity index (χ2n) is 6.79. The summed E-state index contributed by atoms with van der Waals surface area (Å²) in [4.78, 5) is 40.7. The second kappa shape index (κ2) is 7.23. The van der Waals surface area contributed by atoms with Crippen LogP contribution in [0.3, 0.4) is 0 Å². The summed E-state index contributed by atoms with van der Waals surface area (Å²) < 4.78 is 0. The minimum absolute atomic E-state index is 0.297. The number of aryl methyl sites for hydroxylation is 1. The molecule has 0 saturated carbocycles. The molecule has 0 spiro atoms. The molecule has 1 aliphatic heterocycles. The Morgan fingerprint density at radius 3 is 2.30 bits per heavy atom. The van der Waals surface area contributed by atoms with Gasteiger partial charge in [-0.3, -0.25) is 14.5 Å². The summed E-state index contributed by atoms with van der Waals surface area (Å²) in [7, 11) is 0. The highest BCUT2D eigenvalue weighted by Crippen LogP contribution is 2.29. The third-order valence-corrected chi connectivity index (χ3v) is 4.88. The van der Waals surface area contributed by atoms with Crippen molar-refractivity contribution in [1.82, 2.24) is 10.2 Å². The van der Waals surface area contributed by atoms with E-state index in [1.54, 1.807) is 11.8 Å². The van der Waals surface area contributed by atoms with Gasteiger partial charge in [0.1, 0.15) is 12.1 Å². The minimum atomic E-state index is -1.17. The number of anilines is 1. The molecule has 27 heavy (non-hydrogen) atoms. The van der Waals surface area contributed by atoms with Gasteiger partial charge in [0, 0.05) is 12.2 Å². The van der Waals surface area contributed by atoms with Crippen molar-refractivity contribution in [2.75, 3.05) is 18.0 Å². The molecule has 3 rings (SSSR count). The van der Waals surface area contributed by atoms with Gasteiger partial charge < -0.3 is 10.2 Å². The van der Waals surface area contributed by atoms with Crippen LogP contribution >= 0.6 is 0 Å². The SMILES string of the molecule is CCN(C(=O)CN1C(=O)NC(C)(c2ccc(C)cc2)C1=O)c1ccccc1. The molecular formula is C21H23N3O3. The van der Waals surface area contributed by atoms with Crippen molar-refractivity contribution in [3.05, 3.63) is 65.7 Å². The van der Waals surface area contributed by atoms with Gasteiger partial charge in [-0.25, -0.2) is 4.79 Å². The Hall–Kier alpha value is -3.15. The third kappa shape index (κ3) is 3.43. The highest BCUT2D eigenvalue weighted by Gasteiger charge is 2.49. The van der Waals surface area contributed by atoms with E-state index in [0.29, 0.717) is 12.1 Å². The van der Waals surface area contributed by atoms with E-state index in [4.69, 9.17) is 0 Å². The molecule has 1 heterocycles. The lowest BCUT2D eigenvalue weighted by molar-refractivity contribution is -0.134. The van der Waals surface area contributed by atoms with E-state index in [9.17, 15) is 14.4 Å². The van der Waals surface area contributed by atoms with E-state index >= 15 is 0 Å². The quantitative estimate of drug-likeness (QED) is 0.829. The summed E-state index contributed by atoms with van der Waals surface area (Å²) in [6.45, 7) is 5.62. The Morgan fingerprint density at radius 1 is 1.07 bits per heavy atom. The van der Waals surface area contributed by atoms with E-state index < -0.39 is 17.5 Å². The van der Waals surface area contributed by atoms with Gasteiger partial charge in [0.25, 0.3) is 5.91 Å². The van der Waals surface area contributed by atoms with E-state index in [1.165, 1.54) is 0 Å². The van der Waals surface area contributed by atoms with E-state index in [1.807, 2.05) is 68.4 Å². The number of carbonyl (C=O) groups is 3. The number of likely N-dealkylation sites (N-methyl/N-ethyl adjacent to an activating group) is 1. The van der Waals surface area contributed by atoms with Crippen LogP contribution in [0.2, 0.25) is 0 Å². The second-order valence-corrected chi connectivity index (χ2v) is 6.79. The van der Waals surface area contributed by atoms with Gasteiger partial charge in [0.05, 0.1) is 0 Å². The summed E-state index contributed by atoms with van der Waals surface area (Å²) in [5, 5.41) is 2.73. The summed E-state index contributed by atoms with van der Waals surface area (Å²) in [6.07, 6.45) is 0. The lowest BCUT2D eigenvalue weighted by Crippen LogP contribution is -2.44. The molecule has 2 aromatic rings. The number of nitrogens with one attached hydrogen (secondary N) is 1. The summed E-state index contributed by atoms with van der Waals surface area (Å²) in [5.74, 6) is -0.728. The first-order valence-corrected chi connectivity index (χ1v) is 8.93. The van der Waals surface area contributed by atoms with Crippen LogP contribution in [0.4, 0.5) is 10.5 Å². The highest BCUT2D eigenvalue weighted by atomic mass is 16.2. The minimum Gasteiger partial charge on any atom is -0.319 e. The fourth-order valence-corrected chi connectivity index (χ4v) is 3.25. The Labute approximate surface area is 158 Å². The maximum Gasteiger partial charge on any atom is 0.325 e. The van der Waals surface area contributed by atoms with Crippen LogP contribution in [-0.4, -0.2) is 35.8 Å². The lowest BCUT2D eigenvalue weighted by Gasteiger charge is -2.24. The molecule has 1 saturated heterocycles. The van der Waals surface area contributed by atoms with Gasteiger partial charge >= 0.3 is 6.03 Å². The summed E-state index contributed by atoms with van der Waals surface area (Å²) in [6, 6.07) is 16.1. The van der Waals surface area contributed by atoms with Gasteiger partial charge in [0.2, 0.25) is 5.91 Å². The number of carbonyl (C=O) groups excluding carboxylic acids is 3. The zero-order chi connectivity index (χ0) is 19.6. The molecule has 1 atom stereocenters. The Kier molecular flexibility index (Phi) is 4.99. The van der Waals surface area contributed by atoms with Crippen LogP contribution < -0.4 is 10.2 Å². The number of para-hydroxylation sites is 1. The number of hydrogen-bond donors (Lipinski definition) is 1. The molecule has 6 nitrogen and oxygen atoms in total. The molecule has 0 aromatic heterocycles. The average Bonchev–Trinajstić information content (AvgIpc) is 2.88. The van der Waals surface area contributed by atoms with Crippen LogP contribution in [0.25, 0.3) is 0 Å². The van der Waals surface area contributed by atoms with Crippen LogP contribution in [0.15, 0.2) is 54.6 Å².